The highest BCUT2D eigenvalue weighted by atomic mass is 127. The fourth-order valence-electron chi connectivity index (χ4n) is 3.35. The van der Waals surface area contributed by atoms with Gasteiger partial charge in [-0.2, -0.15) is 0 Å². The Morgan fingerprint density at radius 3 is 2.62 bits per heavy atom. The van der Waals surface area contributed by atoms with E-state index >= 15 is 0 Å². The van der Waals surface area contributed by atoms with Gasteiger partial charge in [-0.25, -0.2) is 0 Å². The molecule has 3 rings (SSSR count). The molecule has 0 radical (unpaired) electrons. The van der Waals surface area contributed by atoms with Crippen LogP contribution in [0.2, 0.25) is 0 Å². The summed E-state index contributed by atoms with van der Waals surface area (Å²) in [7, 11) is 0. The minimum Gasteiger partial charge on any atom is -0.454 e. The number of aliphatic imine (C=N–C) groups is 1. The third kappa shape index (κ3) is 4.94. The summed E-state index contributed by atoms with van der Waals surface area (Å²) in [5, 5.41) is 6.72. The molecule has 0 saturated carbocycles. The van der Waals surface area contributed by atoms with Gasteiger partial charge in [-0.1, -0.05) is 6.07 Å². The molecule has 6 nitrogen and oxygen atoms in total. The highest BCUT2D eigenvalue weighted by Gasteiger charge is 2.35. The molecule has 0 atom stereocenters. The first kappa shape index (κ1) is 21.1. The molecule has 0 bridgehead atoms. The number of guanidine groups is 1. The molecule has 1 aromatic carbocycles. The van der Waals surface area contributed by atoms with Gasteiger partial charge in [-0.3, -0.25) is 4.99 Å². The second-order valence-electron chi connectivity index (χ2n) is 6.95. The summed E-state index contributed by atoms with van der Waals surface area (Å²) >= 11 is 0. The number of hydrogen-bond donors (Lipinski definition) is 2. The Kier molecular flexibility index (Phi) is 7.82. The molecule has 0 amide bonds. The molecule has 0 spiro atoms. The first-order chi connectivity index (χ1) is 12.1. The van der Waals surface area contributed by atoms with E-state index < -0.39 is 0 Å². The van der Waals surface area contributed by atoms with Crippen LogP contribution >= 0.6 is 24.0 Å². The standard InChI is InChI=1S/C19H29N3O3.HI/c1-4-20-18(22-14(2)3)21-12-19(7-9-23-10-8-19)15-5-6-16-17(11-15)25-13-24-16;/h5-6,11,14H,4,7-10,12-13H2,1-3H3,(H2,20,21,22);1H. The first-order valence-electron chi connectivity index (χ1n) is 9.16. The lowest BCUT2D eigenvalue weighted by Gasteiger charge is -2.36. The fraction of sp³-hybridized carbons (Fsp3) is 0.632. The molecule has 0 aliphatic carbocycles. The Morgan fingerprint density at radius 2 is 1.92 bits per heavy atom. The molecule has 2 aliphatic rings. The zero-order chi connectivity index (χ0) is 17.7. The van der Waals surface area contributed by atoms with Crippen LogP contribution in [0.1, 0.15) is 39.2 Å². The first-order valence-corrected chi connectivity index (χ1v) is 9.16. The summed E-state index contributed by atoms with van der Waals surface area (Å²) in [5.41, 5.74) is 1.22. The molecule has 1 fully saturated rings. The number of benzene rings is 1. The fourth-order valence-corrected chi connectivity index (χ4v) is 3.35. The van der Waals surface area contributed by atoms with Gasteiger partial charge >= 0.3 is 0 Å². The van der Waals surface area contributed by atoms with Crippen molar-refractivity contribution in [3.63, 3.8) is 0 Å². The normalized spacial score (nSPS) is 18.4. The second-order valence-corrected chi connectivity index (χ2v) is 6.95. The van der Waals surface area contributed by atoms with Crippen molar-refractivity contribution in [2.24, 2.45) is 4.99 Å². The number of hydrogen-bond acceptors (Lipinski definition) is 4. The van der Waals surface area contributed by atoms with Gasteiger partial charge in [0.2, 0.25) is 6.79 Å². The Morgan fingerprint density at radius 1 is 1.19 bits per heavy atom. The lowest BCUT2D eigenvalue weighted by Crippen LogP contribution is -2.43. The number of ether oxygens (including phenoxy) is 3. The highest BCUT2D eigenvalue weighted by molar-refractivity contribution is 14.0. The van der Waals surface area contributed by atoms with E-state index in [1.807, 2.05) is 6.07 Å². The Labute approximate surface area is 173 Å². The van der Waals surface area contributed by atoms with Crippen LogP contribution in [0.3, 0.4) is 0 Å². The number of nitrogens with one attached hydrogen (secondary N) is 2. The maximum absolute atomic E-state index is 5.62. The van der Waals surface area contributed by atoms with Crippen molar-refractivity contribution in [1.29, 1.82) is 0 Å². The van der Waals surface area contributed by atoms with Gasteiger partial charge in [0.1, 0.15) is 0 Å². The summed E-state index contributed by atoms with van der Waals surface area (Å²) in [5.74, 6) is 2.52. The van der Waals surface area contributed by atoms with Crippen molar-refractivity contribution in [2.45, 2.75) is 45.1 Å². The Bertz CT molecular complexity index is 616. The van der Waals surface area contributed by atoms with Gasteiger partial charge in [-0.05, 0) is 51.3 Å². The van der Waals surface area contributed by atoms with Crippen molar-refractivity contribution < 1.29 is 14.2 Å². The molecule has 2 heterocycles. The lowest BCUT2D eigenvalue weighted by atomic mass is 9.74. The van der Waals surface area contributed by atoms with Crippen molar-refractivity contribution in [3.8, 4) is 11.5 Å². The summed E-state index contributed by atoms with van der Waals surface area (Å²) in [6.45, 7) is 9.71. The van der Waals surface area contributed by atoms with Crippen molar-refractivity contribution in [2.75, 3.05) is 33.1 Å². The molecule has 0 unspecified atom stereocenters. The number of nitrogens with zero attached hydrogens (tertiary/aromatic N) is 1. The van der Waals surface area contributed by atoms with Gasteiger partial charge in [0.25, 0.3) is 0 Å². The van der Waals surface area contributed by atoms with Crippen LogP contribution in [0.15, 0.2) is 23.2 Å². The van der Waals surface area contributed by atoms with E-state index in [-0.39, 0.29) is 29.4 Å². The average Bonchev–Trinajstić information content (AvgIpc) is 3.08. The van der Waals surface area contributed by atoms with Crippen LogP contribution in [-0.2, 0) is 10.2 Å². The molecule has 0 aromatic heterocycles. The molecule has 7 heteroatoms. The third-order valence-corrected chi connectivity index (χ3v) is 4.74. The minimum absolute atomic E-state index is 0. The summed E-state index contributed by atoms with van der Waals surface area (Å²) in [4.78, 5) is 4.89. The summed E-state index contributed by atoms with van der Waals surface area (Å²) in [6, 6.07) is 6.62. The van der Waals surface area contributed by atoms with Gasteiger partial charge in [0.05, 0.1) is 6.54 Å². The zero-order valence-electron chi connectivity index (χ0n) is 15.8. The monoisotopic (exact) mass is 475 g/mol. The minimum atomic E-state index is -0.0292. The van der Waals surface area contributed by atoms with E-state index in [0.717, 1.165) is 56.6 Å². The molecule has 26 heavy (non-hydrogen) atoms. The smallest absolute Gasteiger partial charge is 0.231 e. The largest absolute Gasteiger partial charge is 0.454 e. The van der Waals surface area contributed by atoms with Gasteiger partial charge < -0.3 is 24.8 Å². The predicted octanol–water partition coefficient (Wildman–Crippen LogP) is 3.05. The average molecular weight is 475 g/mol. The Hall–Kier alpha value is -1.22. The third-order valence-electron chi connectivity index (χ3n) is 4.74. The van der Waals surface area contributed by atoms with Crippen LogP contribution in [0, 0.1) is 0 Å². The van der Waals surface area contributed by atoms with Crippen LogP contribution in [-0.4, -0.2) is 45.1 Å². The lowest BCUT2D eigenvalue weighted by molar-refractivity contribution is 0.0530. The molecular weight excluding hydrogens is 445 g/mol. The van der Waals surface area contributed by atoms with E-state index in [9.17, 15) is 0 Å². The topological polar surface area (TPSA) is 64.1 Å². The maximum atomic E-state index is 5.62. The summed E-state index contributed by atoms with van der Waals surface area (Å²) in [6.07, 6.45) is 1.91. The van der Waals surface area contributed by atoms with Gasteiger partial charge in [0.15, 0.2) is 17.5 Å². The van der Waals surface area contributed by atoms with Gasteiger partial charge in [0, 0.05) is 31.2 Å². The van der Waals surface area contributed by atoms with Crippen LogP contribution in [0.5, 0.6) is 11.5 Å². The molecule has 2 N–H and O–H groups in total. The van der Waals surface area contributed by atoms with E-state index in [0.29, 0.717) is 12.8 Å². The highest BCUT2D eigenvalue weighted by Crippen LogP contribution is 2.41. The van der Waals surface area contributed by atoms with E-state index in [4.69, 9.17) is 19.2 Å². The van der Waals surface area contributed by atoms with E-state index in [1.54, 1.807) is 0 Å². The van der Waals surface area contributed by atoms with Crippen LogP contribution < -0.4 is 20.1 Å². The van der Waals surface area contributed by atoms with E-state index in [2.05, 4.69) is 43.5 Å². The zero-order valence-corrected chi connectivity index (χ0v) is 18.2. The molecular formula is C19H30IN3O3. The van der Waals surface area contributed by atoms with Crippen LogP contribution in [0.25, 0.3) is 0 Å². The number of fused-ring (bicyclic) bond motifs is 1. The molecule has 1 saturated heterocycles. The van der Waals surface area contributed by atoms with Crippen molar-refractivity contribution in [1.82, 2.24) is 10.6 Å². The van der Waals surface area contributed by atoms with Crippen LogP contribution in [0.4, 0.5) is 0 Å². The Balaban J connectivity index is 0.00000243. The second kappa shape index (κ2) is 9.64. The predicted molar refractivity (Wildman–Crippen MR) is 114 cm³/mol. The SMILES string of the molecule is CCNC(=NCC1(c2ccc3c(c2)OCO3)CCOCC1)NC(C)C.I. The quantitative estimate of drug-likeness (QED) is 0.390. The summed E-state index contributed by atoms with van der Waals surface area (Å²) < 4.78 is 16.7. The van der Waals surface area contributed by atoms with Crippen molar-refractivity contribution >= 4 is 29.9 Å². The molecule has 1 aromatic rings. The molecule has 146 valence electrons. The van der Waals surface area contributed by atoms with Gasteiger partial charge in [-0.15, -0.1) is 24.0 Å². The number of halogens is 1. The van der Waals surface area contributed by atoms with Crippen molar-refractivity contribution in [3.05, 3.63) is 23.8 Å². The maximum Gasteiger partial charge on any atom is 0.231 e. The molecule has 2 aliphatic heterocycles. The number of rotatable bonds is 5. The van der Waals surface area contributed by atoms with E-state index in [1.165, 1.54) is 5.56 Å².